The molecule has 1 saturated heterocycles. The largest absolute Gasteiger partial charge is 0.486 e. The maximum atomic E-state index is 11.9. The van der Waals surface area contributed by atoms with E-state index in [1.165, 1.54) is 0 Å². The van der Waals surface area contributed by atoms with Gasteiger partial charge in [0.15, 0.2) is 11.5 Å². The molecule has 0 saturated carbocycles. The van der Waals surface area contributed by atoms with Crippen LogP contribution in [-0.2, 0) is 11.2 Å². The van der Waals surface area contributed by atoms with Gasteiger partial charge in [-0.15, -0.1) is 12.4 Å². The molecule has 0 aliphatic carbocycles. The lowest BCUT2D eigenvalue weighted by Crippen LogP contribution is -2.32. The molecule has 2 N–H and O–H groups in total. The van der Waals surface area contributed by atoms with Crippen LogP contribution in [0.2, 0.25) is 5.02 Å². The Bertz CT molecular complexity index is 548. The Morgan fingerprint density at radius 1 is 1.35 bits per heavy atom. The van der Waals surface area contributed by atoms with Gasteiger partial charge in [-0.3, -0.25) is 4.79 Å². The zero-order chi connectivity index (χ0) is 15.4. The summed E-state index contributed by atoms with van der Waals surface area (Å²) in [5, 5.41) is 6.86. The topological polar surface area (TPSA) is 59.6 Å². The lowest BCUT2D eigenvalue weighted by Gasteiger charge is -2.20. The van der Waals surface area contributed by atoms with E-state index in [0.717, 1.165) is 31.4 Å². The first-order chi connectivity index (χ1) is 10.7. The predicted octanol–water partition coefficient (Wildman–Crippen LogP) is 2.33. The van der Waals surface area contributed by atoms with Crippen molar-refractivity contribution < 1.29 is 14.3 Å². The summed E-state index contributed by atoms with van der Waals surface area (Å²) in [6.07, 6.45) is 3.53. The molecule has 1 fully saturated rings. The van der Waals surface area contributed by atoms with Gasteiger partial charge >= 0.3 is 0 Å². The zero-order valence-corrected chi connectivity index (χ0v) is 14.5. The number of hydrogen-bond acceptors (Lipinski definition) is 4. The van der Waals surface area contributed by atoms with E-state index in [2.05, 4.69) is 10.6 Å². The molecule has 2 heterocycles. The number of rotatable bonds is 5. The van der Waals surface area contributed by atoms with Crippen LogP contribution in [0.4, 0.5) is 0 Å². The van der Waals surface area contributed by atoms with Crippen LogP contribution in [0.5, 0.6) is 11.5 Å². The van der Waals surface area contributed by atoms with Gasteiger partial charge in [-0.05, 0) is 43.5 Å². The third-order valence-corrected chi connectivity index (χ3v) is 4.27. The third kappa shape index (κ3) is 4.90. The molecule has 0 radical (unpaired) electrons. The first kappa shape index (κ1) is 18.2. The van der Waals surface area contributed by atoms with Gasteiger partial charge in [-0.2, -0.15) is 0 Å². The molecule has 1 amide bonds. The second kappa shape index (κ2) is 8.62. The highest BCUT2D eigenvalue weighted by Crippen LogP contribution is 2.38. The van der Waals surface area contributed by atoms with Gasteiger partial charge in [0, 0.05) is 19.0 Å². The van der Waals surface area contributed by atoms with Crippen molar-refractivity contribution in [3.05, 3.63) is 22.7 Å². The fraction of sp³-hybridized carbons (Fsp3) is 0.562. The number of fused-ring (bicyclic) bond motifs is 1. The van der Waals surface area contributed by atoms with Crippen LogP contribution >= 0.6 is 24.0 Å². The van der Waals surface area contributed by atoms with Gasteiger partial charge < -0.3 is 20.1 Å². The number of ether oxygens (including phenoxy) is 2. The lowest BCUT2D eigenvalue weighted by molar-refractivity contribution is -0.121. The average molecular weight is 361 g/mol. The number of nitrogens with one attached hydrogen (secondary N) is 2. The van der Waals surface area contributed by atoms with E-state index in [0.29, 0.717) is 48.7 Å². The molecule has 128 valence electrons. The average Bonchev–Trinajstić information content (AvgIpc) is 3.00. The van der Waals surface area contributed by atoms with Gasteiger partial charge in [-0.1, -0.05) is 11.6 Å². The van der Waals surface area contributed by atoms with Crippen LogP contribution < -0.4 is 20.1 Å². The van der Waals surface area contributed by atoms with Gasteiger partial charge in [0.1, 0.15) is 13.2 Å². The highest BCUT2D eigenvalue weighted by molar-refractivity contribution is 6.32. The smallest absolute Gasteiger partial charge is 0.221 e. The fourth-order valence-corrected chi connectivity index (χ4v) is 3.17. The molecule has 3 rings (SSSR count). The molecule has 23 heavy (non-hydrogen) atoms. The van der Waals surface area contributed by atoms with Crippen molar-refractivity contribution in [1.29, 1.82) is 0 Å². The predicted molar refractivity (Wildman–Crippen MR) is 92.0 cm³/mol. The van der Waals surface area contributed by atoms with Crippen LogP contribution in [0.25, 0.3) is 0 Å². The van der Waals surface area contributed by atoms with E-state index in [1.807, 2.05) is 12.1 Å². The molecule has 7 heteroatoms. The van der Waals surface area contributed by atoms with Crippen LogP contribution in [0, 0.1) is 0 Å². The highest BCUT2D eigenvalue weighted by atomic mass is 35.5. The van der Waals surface area contributed by atoms with E-state index < -0.39 is 0 Å². The second-order valence-electron chi connectivity index (χ2n) is 5.70. The summed E-state index contributed by atoms with van der Waals surface area (Å²) in [5.74, 6) is 1.41. The summed E-state index contributed by atoms with van der Waals surface area (Å²) >= 11 is 6.20. The van der Waals surface area contributed by atoms with Crippen molar-refractivity contribution in [3.63, 3.8) is 0 Å². The minimum atomic E-state index is 0. The SMILES string of the molecule is Cl.O=C(CC1CCCN1)NCCc1cc(Cl)c2c(c1)OCCO2. The Morgan fingerprint density at radius 2 is 2.17 bits per heavy atom. The number of hydrogen-bond donors (Lipinski definition) is 2. The normalized spacial score (nSPS) is 19.1. The molecular weight excluding hydrogens is 339 g/mol. The van der Waals surface area contributed by atoms with Crippen LogP contribution in [0.3, 0.4) is 0 Å². The lowest BCUT2D eigenvalue weighted by atomic mass is 10.1. The van der Waals surface area contributed by atoms with E-state index in [4.69, 9.17) is 21.1 Å². The standard InChI is InChI=1S/C16H21ClN2O3.ClH/c17-13-8-11(9-14-16(13)22-7-6-21-14)3-5-19-15(20)10-12-2-1-4-18-12;/h8-9,12,18H,1-7,10H2,(H,19,20);1H. The molecule has 1 aromatic carbocycles. The number of halogens is 2. The van der Waals surface area contributed by atoms with Crippen molar-refractivity contribution >= 4 is 29.9 Å². The van der Waals surface area contributed by atoms with Crippen molar-refractivity contribution in [3.8, 4) is 11.5 Å². The van der Waals surface area contributed by atoms with Crippen LogP contribution in [-0.4, -0.2) is 38.3 Å². The summed E-state index contributed by atoms with van der Waals surface area (Å²) in [6.45, 7) is 2.68. The quantitative estimate of drug-likeness (QED) is 0.845. The van der Waals surface area contributed by atoms with Crippen molar-refractivity contribution in [2.45, 2.75) is 31.7 Å². The van der Waals surface area contributed by atoms with Crippen molar-refractivity contribution in [2.75, 3.05) is 26.3 Å². The Labute approximate surface area is 147 Å². The number of carbonyl (C=O) groups excluding carboxylic acids is 1. The highest BCUT2D eigenvalue weighted by Gasteiger charge is 2.18. The van der Waals surface area contributed by atoms with E-state index >= 15 is 0 Å². The Morgan fingerprint density at radius 3 is 2.96 bits per heavy atom. The van der Waals surface area contributed by atoms with Gasteiger partial charge in [0.25, 0.3) is 0 Å². The third-order valence-electron chi connectivity index (χ3n) is 3.99. The van der Waals surface area contributed by atoms with Crippen molar-refractivity contribution in [2.24, 2.45) is 0 Å². The Balaban J connectivity index is 0.00000192. The Kier molecular flexibility index (Phi) is 6.81. The second-order valence-corrected chi connectivity index (χ2v) is 6.11. The van der Waals surface area contributed by atoms with Crippen LogP contribution in [0.15, 0.2) is 12.1 Å². The van der Waals surface area contributed by atoms with E-state index in [-0.39, 0.29) is 18.3 Å². The van der Waals surface area contributed by atoms with E-state index in [9.17, 15) is 4.79 Å². The molecule has 2 aliphatic heterocycles. The number of carbonyl (C=O) groups is 1. The zero-order valence-electron chi connectivity index (χ0n) is 12.9. The monoisotopic (exact) mass is 360 g/mol. The van der Waals surface area contributed by atoms with E-state index in [1.54, 1.807) is 0 Å². The summed E-state index contributed by atoms with van der Waals surface area (Å²) in [7, 11) is 0. The summed E-state index contributed by atoms with van der Waals surface area (Å²) in [4.78, 5) is 11.9. The molecule has 0 spiro atoms. The van der Waals surface area contributed by atoms with Crippen molar-refractivity contribution in [1.82, 2.24) is 10.6 Å². The molecule has 0 bridgehead atoms. The molecule has 0 aromatic heterocycles. The Hall–Kier alpha value is -1.17. The summed E-state index contributed by atoms with van der Waals surface area (Å²) in [6, 6.07) is 4.15. The minimum Gasteiger partial charge on any atom is -0.486 e. The molecule has 1 atom stereocenters. The van der Waals surface area contributed by atoms with Gasteiger partial charge in [-0.25, -0.2) is 0 Å². The minimum absolute atomic E-state index is 0. The number of amides is 1. The number of benzene rings is 1. The fourth-order valence-electron chi connectivity index (χ4n) is 2.88. The summed E-state index contributed by atoms with van der Waals surface area (Å²) in [5.41, 5.74) is 1.04. The first-order valence-corrected chi connectivity index (χ1v) is 8.18. The summed E-state index contributed by atoms with van der Waals surface area (Å²) < 4.78 is 11.0. The maximum Gasteiger partial charge on any atom is 0.221 e. The molecule has 1 aromatic rings. The molecule has 2 aliphatic rings. The molecule has 5 nitrogen and oxygen atoms in total. The maximum absolute atomic E-state index is 11.9. The van der Waals surface area contributed by atoms with Crippen LogP contribution in [0.1, 0.15) is 24.8 Å². The molecular formula is C16H22Cl2N2O3. The van der Waals surface area contributed by atoms with Gasteiger partial charge in [0.05, 0.1) is 5.02 Å². The first-order valence-electron chi connectivity index (χ1n) is 7.80. The molecule has 1 unspecified atom stereocenters. The van der Waals surface area contributed by atoms with Gasteiger partial charge in [0.2, 0.25) is 5.91 Å².